The van der Waals surface area contributed by atoms with Crippen LogP contribution in [-0.2, 0) is 0 Å². The van der Waals surface area contributed by atoms with Gasteiger partial charge < -0.3 is 15.2 Å². The third kappa shape index (κ3) is 4.21. The molecule has 0 bridgehead atoms. The maximum absolute atomic E-state index is 13.5. The first kappa shape index (κ1) is 23.8. The van der Waals surface area contributed by atoms with Crippen LogP contribution in [0.5, 0.6) is 0 Å². The second-order valence-electron chi connectivity index (χ2n) is 10.6. The molecule has 1 saturated heterocycles. The van der Waals surface area contributed by atoms with E-state index in [0.717, 1.165) is 68.0 Å². The van der Waals surface area contributed by atoms with Crippen molar-refractivity contribution < 1.29 is 4.79 Å². The molecule has 0 unspecified atom stereocenters. The van der Waals surface area contributed by atoms with Crippen LogP contribution in [-0.4, -0.2) is 55.3 Å². The van der Waals surface area contributed by atoms with Gasteiger partial charge in [0.05, 0.1) is 16.6 Å². The lowest BCUT2D eigenvalue weighted by Crippen LogP contribution is -2.30. The van der Waals surface area contributed by atoms with Gasteiger partial charge in [-0.1, -0.05) is 12.8 Å². The molecule has 0 amide bonds. The average molecular weight is 500 g/mol. The number of Topliss-reactive ketones (excluding diaryl/α,β-unsaturated/α-hetero) is 1. The summed E-state index contributed by atoms with van der Waals surface area (Å²) in [5, 5.41) is 4.01. The molecule has 2 aliphatic rings. The van der Waals surface area contributed by atoms with E-state index in [2.05, 4.69) is 33.4 Å². The predicted molar refractivity (Wildman–Crippen MR) is 145 cm³/mol. The van der Waals surface area contributed by atoms with Gasteiger partial charge in [0.25, 0.3) is 5.56 Å². The number of hydrogen-bond donors (Lipinski definition) is 2. The molecule has 9 nitrogen and oxygen atoms in total. The standard InChI is InChI=1S/C28H33N7O2/c1-16-20-14-30-28(33-26(20)35(19-6-4-5-7-19)27(37)24(16)17(2)36)32-23-9-8-22-25(31-23)21(15-29-22)18-10-12-34(3)13-11-18/h8-9,14-15,18-19,29H,4-7,10-13H2,1-3H3,(H,30,31,32,33). The summed E-state index contributed by atoms with van der Waals surface area (Å²) in [6.45, 7) is 5.44. The van der Waals surface area contributed by atoms with Crippen LogP contribution in [0.1, 0.15) is 78.9 Å². The minimum Gasteiger partial charge on any atom is -0.360 e. The van der Waals surface area contributed by atoms with Gasteiger partial charge in [0.2, 0.25) is 5.95 Å². The first-order chi connectivity index (χ1) is 17.9. The highest BCUT2D eigenvalue weighted by molar-refractivity contribution is 5.99. The second-order valence-corrected chi connectivity index (χ2v) is 10.6. The highest BCUT2D eigenvalue weighted by Crippen LogP contribution is 2.34. The van der Waals surface area contributed by atoms with Crippen molar-refractivity contribution >= 4 is 39.6 Å². The normalized spacial score (nSPS) is 17.7. The largest absolute Gasteiger partial charge is 0.360 e. The van der Waals surface area contributed by atoms with Gasteiger partial charge in [0, 0.05) is 23.8 Å². The van der Waals surface area contributed by atoms with Crippen molar-refractivity contribution in [2.24, 2.45) is 0 Å². The second kappa shape index (κ2) is 9.37. The van der Waals surface area contributed by atoms with Gasteiger partial charge in [-0.25, -0.2) is 9.97 Å². The minimum absolute atomic E-state index is 0.0443. The molecule has 9 heteroatoms. The number of carbonyl (C=O) groups is 1. The molecule has 2 N–H and O–H groups in total. The molecular weight excluding hydrogens is 466 g/mol. The summed E-state index contributed by atoms with van der Waals surface area (Å²) < 4.78 is 1.74. The number of anilines is 2. The molecular formula is C28H33N7O2. The molecule has 1 aliphatic heterocycles. The Kier molecular flexibility index (Phi) is 6.03. The van der Waals surface area contributed by atoms with Crippen molar-refractivity contribution in [2.45, 2.75) is 64.3 Å². The van der Waals surface area contributed by atoms with E-state index in [4.69, 9.17) is 9.97 Å². The van der Waals surface area contributed by atoms with Gasteiger partial charge in [0.15, 0.2) is 5.78 Å². The van der Waals surface area contributed by atoms with Crippen molar-refractivity contribution in [1.29, 1.82) is 0 Å². The van der Waals surface area contributed by atoms with Crippen LogP contribution in [0, 0.1) is 6.92 Å². The van der Waals surface area contributed by atoms with Gasteiger partial charge in [0.1, 0.15) is 11.5 Å². The van der Waals surface area contributed by atoms with Crippen LogP contribution in [0.15, 0.2) is 29.3 Å². The Bertz CT molecular complexity index is 1560. The highest BCUT2D eigenvalue weighted by Gasteiger charge is 2.26. The maximum Gasteiger partial charge on any atom is 0.263 e. The SMILES string of the molecule is CC(=O)c1c(C)c2cnc(Nc3ccc4[nH]cc(C5CCN(C)CC5)c4n3)nc2n(C2CCCC2)c1=O. The summed E-state index contributed by atoms with van der Waals surface area (Å²) in [6.07, 6.45) is 10.0. The molecule has 1 saturated carbocycles. The Hall–Kier alpha value is -3.59. The Labute approximate surface area is 215 Å². The number of H-pyrrole nitrogens is 1. The van der Waals surface area contributed by atoms with Gasteiger partial charge in [-0.2, -0.15) is 4.98 Å². The molecule has 2 fully saturated rings. The summed E-state index contributed by atoms with van der Waals surface area (Å²) in [6, 6.07) is 3.99. The van der Waals surface area contributed by atoms with Gasteiger partial charge in [-0.05, 0) is 88.8 Å². The topological polar surface area (TPSA) is 109 Å². The molecule has 192 valence electrons. The number of rotatable bonds is 5. The van der Waals surface area contributed by atoms with Crippen molar-refractivity contribution in [3.8, 4) is 0 Å². The molecule has 4 aromatic heterocycles. The number of nitrogens with zero attached hydrogens (tertiary/aromatic N) is 5. The van der Waals surface area contributed by atoms with E-state index in [0.29, 0.717) is 28.9 Å². The Morgan fingerprint density at radius 3 is 2.59 bits per heavy atom. The van der Waals surface area contributed by atoms with E-state index in [1.54, 1.807) is 10.8 Å². The van der Waals surface area contributed by atoms with Crippen LogP contribution in [0.2, 0.25) is 0 Å². The number of aryl methyl sites for hydroxylation is 1. The van der Waals surface area contributed by atoms with Crippen LogP contribution < -0.4 is 10.9 Å². The number of fused-ring (bicyclic) bond motifs is 2. The van der Waals surface area contributed by atoms with E-state index < -0.39 is 0 Å². The number of aromatic amines is 1. The zero-order valence-electron chi connectivity index (χ0n) is 21.7. The molecule has 0 spiro atoms. The van der Waals surface area contributed by atoms with Crippen molar-refractivity contribution in [1.82, 2.24) is 29.4 Å². The molecule has 6 rings (SSSR count). The third-order valence-electron chi connectivity index (χ3n) is 8.20. The number of hydrogen-bond acceptors (Lipinski definition) is 7. The number of aromatic nitrogens is 5. The number of pyridine rings is 2. The number of nitrogens with one attached hydrogen (secondary N) is 2. The fraction of sp³-hybridized carbons (Fsp3) is 0.464. The van der Waals surface area contributed by atoms with E-state index in [1.165, 1.54) is 12.5 Å². The van der Waals surface area contributed by atoms with Crippen LogP contribution in [0.3, 0.4) is 0 Å². The van der Waals surface area contributed by atoms with Crippen molar-refractivity contribution in [3.63, 3.8) is 0 Å². The maximum atomic E-state index is 13.5. The fourth-order valence-corrected chi connectivity index (χ4v) is 6.14. The lowest BCUT2D eigenvalue weighted by atomic mass is 9.91. The third-order valence-corrected chi connectivity index (χ3v) is 8.20. The lowest BCUT2D eigenvalue weighted by molar-refractivity contribution is 0.101. The molecule has 5 heterocycles. The van der Waals surface area contributed by atoms with E-state index in [9.17, 15) is 9.59 Å². The molecule has 1 aliphatic carbocycles. The van der Waals surface area contributed by atoms with E-state index >= 15 is 0 Å². The Morgan fingerprint density at radius 1 is 1.11 bits per heavy atom. The Balaban J connectivity index is 1.40. The molecule has 0 atom stereocenters. The summed E-state index contributed by atoms with van der Waals surface area (Å²) in [5.74, 6) is 1.32. The first-order valence-electron chi connectivity index (χ1n) is 13.3. The summed E-state index contributed by atoms with van der Waals surface area (Å²) in [4.78, 5) is 45.9. The molecule has 4 aromatic rings. The van der Waals surface area contributed by atoms with E-state index in [1.807, 2.05) is 19.1 Å². The Morgan fingerprint density at radius 2 is 1.86 bits per heavy atom. The zero-order valence-corrected chi connectivity index (χ0v) is 21.7. The molecule has 0 aromatic carbocycles. The van der Waals surface area contributed by atoms with Crippen LogP contribution in [0.4, 0.5) is 11.8 Å². The molecule has 37 heavy (non-hydrogen) atoms. The molecule has 0 radical (unpaired) electrons. The van der Waals surface area contributed by atoms with E-state index in [-0.39, 0.29) is 22.9 Å². The van der Waals surface area contributed by atoms with Crippen molar-refractivity contribution in [2.75, 3.05) is 25.5 Å². The number of ketones is 1. The van der Waals surface area contributed by atoms with Gasteiger partial charge >= 0.3 is 0 Å². The fourth-order valence-electron chi connectivity index (χ4n) is 6.14. The lowest BCUT2D eigenvalue weighted by Gasteiger charge is -2.28. The number of carbonyl (C=O) groups excluding carboxylic acids is 1. The van der Waals surface area contributed by atoms with Crippen molar-refractivity contribution in [3.05, 3.63) is 51.6 Å². The summed E-state index contributed by atoms with van der Waals surface area (Å²) in [5.41, 5.74) is 4.46. The zero-order chi connectivity index (χ0) is 25.7. The average Bonchev–Trinajstić information content (AvgIpc) is 3.55. The smallest absolute Gasteiger partial charge is 0.263 e. The minimum atomic E-state index is -0.247. The quantitative estimate of drug-likeness (QED) is 0.378. The summed E-state index contributed by atoms with van der Waals surface area (Å²) >= 11 is 0. The monoisotopic (exact) mass is 499 g/mol. The van der Waals surface area contributed by atoms with Crippen LogP contribution in [0.25, 0.3) is 22.1 Å². The number of likely N-dealkylation sites (tertiary alicyclic amines) is 1. The van der Waals surface area contributed by atoms with Gasteiger partial charge in [-0.3, -0.25) is 14.2 Å². The number of piperidine rings is 1. The summed E-state index contributed by atoms with van der Waals surface area (Å²) in [7, 11) is 2.17. The van der Waals surface area contributed by atoms with Gasteiger partial charge in [-0.15, -0.1) is 0 Å². The predicted octanol–water partition coefficient (Wildman–Crippen LogP) is 4.85. The highest BCUT2D eigenvalue weighted by atomic mass is 16.1. The van der Waals surface area contributed by atoms with Crippen LogP contribution >= 0.6 is 0 Å². The first-order valence-corrected chi connectivity index (χ1v) is 13.3.